The first kappa shape index (κ1) is 53.9. The molecular weight excluding hydrogens is 997 g/mol. The quantitative estimate of drug-likeness (QED) is 0.0452. The molecule has 8 aromatic carbocycles. The Balaban J connectivity index is 0.975. The first-order chi connectivity index (χ1) is 37.9. The molecule has 0 bridgehead atoms. The molecule has 8 rings (SSSR count). The third-order valence-electron chi connectivity index (χ3n) is 12.1. The smallest absolute Gasteiger partial charge is 0.347 e. The number of benzene rings is 8. The van der Waals surface area contributed by atoms with E-state index in [2.05, 4.69) is 11.8 Å². The predicted octanol–water partition coefficient (Wildman–Crippen LogP) is 11.6. The van der Waals surface area contributed by atoms with Crippen molar-refractivity contribution < 1.29 is 66.5 Å². The number of ether oxygens (including phenoxy) is 10. The van der Waals surface area contributed by atoms with E-state index < -0.39 is 17.8 Å². The fourth-order valence-corrected chi connectivity index (χ4v) is 8.19. The zero-order chi connectivity index (χ0) is 55.3. The average molecular weight is 1050 g/mol. The molecule has 8 aromatic rings. The molecule has 0 heterocycles. The minimum Gasteiger partial charge on any atom is -0.496 e. The normalized spacial score (nSPS) is 10.4. The van der Waals surface area contributed by atoms with Gasteiger partial charge in [0.05, 0.1) is 79.4 Å². The Labute approximate surface area is 450 Å². The summed E-state index contributed by atoms with van der Waals surface area (Å²) < 4.78 is 55.7. The maximum atomic E-state index is 14.5. The monoisotopic (exact) mass is 1050 g/mol. The lowest BCUT2D eigenvalue weighted by molar-refractivity contribution is 0.0722. The summed E-state index contributed by atoms with van der Waals surface area (Å²) in [6, 6.07) is 46.9. The van der Waals surface area contributed by atoms with E-state index in [1.807, 2.05) is 24.3 Å². The van der Waals surface area contributed by atoms with Crippen LogP contribution in [0.4, 0.5) is 22.7 Å². The van der Waals surface area contributed by atoms with Crippen LogP contribution in [0.15, 0.2) is 170 Å². The van der Waals surface area contributed by atoms with Gasteiger partial charge in [-0.1, -0.05) is 48.2 Å². The number of hydrogen-bond donors (Lipinski definition) is 0. The molecule has 0 saturated carbocycles. The Morgan fingerprint density at radius 3 is 1.26 bits per heavy atom. The molecule has 0 N–H and O–H groups in total. The van der Waals surface area contributed by atoms with Crippen LogP contribution in [0.1, 0.15) is 52.6 Å². The van der Waals surface area contributed by atoms with E-state index in [1.54, 1.807) is 115 Å². The van der Waals surface area contributed by atoms with Gasteiger partial charge in [0.2, 0.25) is 0 Å². The molecule has 0 unspecified atom stereocenters. The molecule has 0 fully saturated rings. The van der Waals surface area contributed by atoms with Gasteiger partial charge in [0, 0.05) is 52.3 Å². The van der Waals surface area contributed by atoms with Gasteiger partial charge in [0.15, 0.2) is 23.0 Å². The van der Waals surface area contributed by atoms with Crippen LogP contribution in [0.5, 0.6) is 57.5 Å². The molecule has 0 atom stereocenters. The maximum absolute atomic E-state index is 14.5. The zero-order valence-electron chi connectivity index (χ0n) is 43.8. The number of rotatable bonds is 18. The largest absolute Gasteiger partial charge is 0.496 e. The number of esters is 2. The minimum atomic E-state index is -0.704. The third kappa shape index (κ3) is 11.8. The van der Waals surface area contributed by atoms with Crippen LogP contribution in [0.2, 0.25) is 0 Å². The Bertz CT molecular complexity index is 3540. The van der Waals surface area contributed by atoms with E-state index in [1.165, 1.54) is 97.0 Å². The first-order valence-corrected chi connectivity index (χ1v) is 23.9. The highest BCUT2D eigenvalue weighted by molar-refractivity contribution is 6.14. The van der Waals surface area contributed by atoms with Gasteiger partial charge in [0.1, 0.15) is 40.1 Å². The number of anilines is 4. The number of amides is 2. The van der Waals surface area contributed by atoms with Gasteiger partial charge in [-0.05, 0) is 109 Å². The molecule has 0 aromatic heterocycles. The van der Waals surface area contributed by atoms with Gasteiger partial charge < -0.3 is 47.4 Å². The van der Waals surface area contributed by atoms with Gasteiger partial charge in [-0.25, -0.2) is 9.59 Å². The summed E-state index contributed by atoms with van der Waals surface area (Å²) in [5.74, 6) is 7.01. The number of carbonyl (C=O) groups excluding carboxylic acids is 4. The lowest BCUT2D eigenvalue weighted by atomic mass is 10.1. The van der Waals surface area contributed by atoms with E-state index in [0.29, 0.717) is 68.2 Å². The van der Waals surface area contributed by atoms with Gasteiger partial charge in [-0.2, -0.15) is 0 Å². The van der Waals surface area contributed by atoms with Crippen molar-refractivity contribution in [1.82, 2.24) is 0 Å². The van der Waals surface area contributed by atoms with Crippen LogP contribution in [0.3, 0.4) is 0 Å². The van der Waals surface area contributed by atoms with E-state index in [-0.39, 0.29) is 51.3 Å². The molecule has 0 aliphatic heterocycles. The molecule has 394 valence electrons. The van der Waals surface area contributed by atoms with Crippen molar-refractivity contribution in [3.05, 3.63) is 203 Å². The molecule has 16 heteroatoms. The lowest BCUT2D eigenvalue weighted by Crippen LogP contribution is -2.27. The first-order valence-electron chi connectivity index (χ1n) is 23.9. The minimum absolute atomic E-state index is 0.116. The lowest BCUT2D eigenvalue weighted by Gasteiger charge is -2.26. The Kier molecular flexibility index (Phi) is 17.1. The molecule has 78 heavy (non-hydrogen) atoms. The second-order valence-corrected chi connectivity index (χ2v) is 16.6. The van der Waals surface area contributed by atoms with Gasteiger partial charge >= 0.3 is 11.9 Å². The van der Waals surface area contributed by atoms with Gasteiger partial charge in [-0.3, -0.25) is 19.4 Å². The molecular formula is C62H52N2O14. The van der Waals surface area contributed by atoms with Crippen molar-refractivity contribution in [3.8, 4) is 69.3 Å². The Morgan fingerprint density at radius 1 is 0.333 bits per heavy atom. The maximum Gasteiger partial charge on any atom is 0.347 e. The Hall–Kier alpha value is -10.4. The van der Waals surface area contributed by atoms with Crippen molar-refractivity contribution in [1.29, 1.82) is 0 Å². The SMILES string of the molecule is COc1cc(OC)c(C(=O)Oc2ccc(C(=O)N(c3ccccc3)c3ccc(C#Cc4ccc(OC(=O)c5ccc(N(C(=O)c6cc(OC)c(OC)cc6OC)c6ccccc6)c(OC)c5)cc4)cc3OC)cc2)cc1OC. The van der Waals surface area contributed by atoms with Gasteiger partial charge in [-0.15, -0.1) is 0 Å². The van der Waals surface area contributed by atoms with Gasteiger partial charge in [0.25, 0.3) is 11.8 Å². The van der Waals surface area contributed by atoms with E-state index >= 15 is 0 Å². The number of para-hydroxylation sites is 2. The summed E-state index contributed by atoms with van der Waals surface area (Å²) in [6.07, 6.45) is 0. The highest BCUT2D eigenvalue weighted by Crippen LogP contribution is 2.42. The summed E-state index contributed by atoms with van der Waals surface area (Å²) >= 11 is 0. The summed E-state index contributed by atoms with van der Waals surface area (Å²) in [5.41, 5.74) is 3.88. The van der Waals surface area contributed by atoms with Crippen LogP contribution < -0.4 is 57.2 Å². The molecule has 0 aliphatic carbocycles. The Morgan fingerprint density at radius 2 is 0.731 bits per heavy atom. The van der Waals surface area contributed by atoms with Crippen molar-refractivity contribution in [2.45, 2.75) is 0 Å². The van der Waals surface area contributed by atoms with E-state index in [9.17, 15) is 19.2 Å². The number of hydrogen-bond acceptors (Lipinski definition) is 14. The molecule has 0 aliphatic rings. The average Bonchev–Trinajstić information content (AvgIpc) is 3.55. The molecule has 0 spiro atoms. The van der Waals surface area contributed by atoms with Crippen molar-refractivity contribution >= 4 is 46.5 Å². The summed E-state index contributed by atoms with van der Waals surface area (Å²) in [4.78, 5) is 58.8. The van der Waals surface area contributed by atoms with E-state index in [0.717, 1.165) is 0 Å². The van der Waals surface area contributed by atoms with Crippen LogP contribution in [0, 0.1) is 11.8 Å². The number of carbonyl (C=O) groups is 4. The van der Waals surface area contributed by atoms with Crippen molar-refractivity contribution in [2.24, 2.45) is 0 Å². The molecule has 0 radical (unpaired) electrons. The summed E-state index contributed by atoms with van der Waals surface area (Å²) in [7, 11) is 11.7. The summed E-state index contributed by atoms with van der Waals surface area (Å²) in [5, 5.41) is 0. The van der Waals surface area contributed by atoms with Crippen LogP contribution >= 0.6 is 0 Å². The second-order valence-electron chi connectivity index (χ2n) is 16.6. The van der Waals surface area contributed by atoms with E-state index in [4.69, 9.17) is 47.4 Å². The second kappa shape index (κ2) is 24.8. The highest BCUT2D eigenvalue weighted by atomic mass is 16.5. The third-order valence-corrected chi connectivity index (χ3v) is 12.1. The highest BCUT2D eigenvalue weighted by Gasteiger charge is 2.29. The molecule has 16 nitrogen and oxygen atoms in total. The summed E-state index contributed by atoms with van der Waals surface area (Å²) in [6.45, 7) is 0. The van der Waals surface area contributed by atoms with Crippen molar-refractivity contribution in [2.75, 3.05) is 66.7 Å². The molecule has 0 saturated heterocycles. The molecule has 2 amide bonds. The number of methoxy groups -OCH3 is 8. The topological polar surface area (TPSA) is 167 Å². The number of nitrogens with zero attached hydrogens (tertiary/aromatic N) is 2. The predicted molar refractivity (Wildman–Crippen MR) is 293 cm³/mol. The van der Waals surface area contributed by atoms with Crippen molar-refractivity contribution in [3.63, 3.8) is 0 Å². The standard InChI is InChI=1S/C62H52N2O14/c1-69-51-37-57(75-7)55(73-5)35-47(51)60(66)64(44-17-13-10-14-18-44)50-32-26-42(34-54(50)72-4)61(67)77-45-27-21-39(22-28-45)19-20-40-23-31-49(53(33-40)71-3)63(43-15-11-9-12-16-43)59(65)41-24-29-46(30-25-41)78-62(68)48-36-56(74-6)58(76-8)38-52(48)70-2/h9-18,21-38H,1-8H3. The van der Waals surface area contributed by atoms with Crippen LogP contribution in [0.25, 0.3) is 0 Å². The van der Waals surface area contributed by atoms with Crippen LogP contribution in [-0.4, -0.2) is 80.6 Å². The fraction of sp³-hybridized carbons (Fsp3) is 0.129. The van der Waals surface area contributed by atoms with Crippen LogP contribution in [-0.2, 0) is 0 Å². The zero-order valence-corrected chi connectivity index (χ0v) is 43.8. The fourth-order valence-electron chi connectivity index (χ4n) is 8.19.